The molecule has 0 atom stereocenters. The standard InChI is InChI=1S/C54H34N2O/c1-3-13-35(14-4-1)37-23-27-41(28-24-37)55-47-20-10-7-17-42(47)44-29-25-38(31-49(44)55)39-26-30-45-43-18-8-11-21-48(43)56(50(45)32-39)51-33-40(36-15-5-2-6-16-36)34-53-54(51)46-19-9-12-22-52(46)57-53/h1-34H. The van der Waals surface area contributed by atoms with Crippen LogP contribution >= 0.6 is 0 Å². The molecule has 0 amide bonds. The second kappa shape index (κ2) is 12.5. The minimum Gasteiger partial charge on any atom is -0.456 e. The van der Waals surface area contributed by atoms with Crippen LogP contribution in [0.25, 0.3) is 110 Å². The van der Waals surface area contributed by atoms with Crippen LogP contribution in [0.2, 0.25) is 0 Å². The topological polar surface area (TPSA) is 23.0 Å². The van der Waals surface area contributed by atoms with Gasteiger partial charge in [-0.15, -0.1) is 0 Å². The number of fused-ring (bicyclic) bond motifs is 9. The normalized spacial score (nSPS) is 11.9. The van der Waals surface area contributed by atoms with Gasteiger partial charge in [0.1, 0.15) is 11.2 Å². The second-order valence-electron chi connectivity index (χ2n) is 14.9. The van der Waals surface area contributed by atoms with E-state index in [9.17, 15) is 0 Å². The van der Waals surface area contributed by atoms with Crippen LogP contribution in [0.5, 0.6) is 0 Å². The van der Waals surface area contributed by atoms with Crippen LogP contribution in [0.3, 0.4) is 0 Å². The molecule has 0 spiro atoms. The van der Waals surface area contributed by atoms with E-state index in [-0.39, 0.29) is 0 Å². The van der Waals surface area contributed by atoms with Crippen molar-refractivity contribution >= 4 is 65.6 Å². The Kier molecular flexibility index (Phi) is 6.93. The largest absolute Gasteiger partial charge is 0.456 e. The predicted octanol–water partition coefficient (Wildman–Crippen LogP) is 14.8. The SMILES string of the molecule is c1ccc(-c2ccc(-n3c4ccccc4c4ccc(-c5ccc6c7ccccc7n(-c7cc(-c8ccccc8)cc8oc9ccccc9c78)c6c5)cc43)cc2)cc1. The number of para-hydroxylation sites is 3. The molecule has 0 radical (unpaired) electrons. The molecule has 3 nitrogen and oxygen atoms in total. The lowest BCUT2D eigenvalue weighted by atomic mass is 10.0. The molecule has 0 fully saturated rings. The van der Waals surface area contributed by atoms with Gasteiger partial charge < -0.3 is 13.6 Å². The lowest BCUT2D eigenvalue weighted by molar-refractivity contribution is 0.669. The van der Waals surface area contributed by atoms with Gasteiger partial charge in [-0.25, -0.2) is 0 Å². The average Bonchev–Trinajstić information content (AvgIpc) is 3.94. The summed E-state index contributed by atoms with van der Waals surface area (Å²) in [6.07, 6.45) is 0. The molecule has 0 N–H and O–H groups in total. The quantitative estimate of drug-likeness (QED) is 0.173. The first-order valence-corrected chi connectivity index (χ1v) is 19.5. The Morgan fingerprint density at radius 1 is 0.281 bits per heavy atom. The van der Waals surface area contributed by atoms with Gasteiger partial charge in [0.15, 0.2) is 0 Å². The first kappa shape index (κ1) is 31.7. The van der Waals surface area contributed by atoms with Crippen LogP contribution in [0.1, 0.15) is 0 Å². The number of hydrogen-bond acceptors (Lipinski definition) is 1. The molecule has 9 aromatic carbocycles. The van der Waals surface area contributed by atoms with Crippen molar-refractivity contribution in [1.29, 1.82) is 0 Å². The summed E-state index contributed by atoms with van der Waals surface area (Å²) >= 11 is 0. The van der Waals surface area contributed by atoms with Crippen LogP contribution in [-0.2, 0) is 0 Å². The Morgan fingerprint density at radius 2 is 0.754 bits per heavy atom. The van der Waals surface area contributed by atoms with Crippen molar-refractivity contribution in [2.24, 2.45) is 0 Å². The summed E-state index contributed by atoms with van der Waals surface area (Å²) in [5.74, 6) is 0. The van der Waals surface area contributed by atoms with Gasteiger partial charge in [0.2, 0.25) is 0 Å². The number of benzene rings is 9. The van der Waals surface area contributed by atoms with Crippen LogP contribution < -0.4 is 0 Å². The van der Waals surface area contributed by atoms with E-state index < -0.39 is 0 Å². The van der Waals surface area contributed by atoms with E-state index in [1.807, 2.05) is 6.07 Å². The van der Waals surface area contributed by atoms with Gasteiger partial charge in [-0.3, -0.25) is 0 Å². The van der Waals surface area contributed by atoms with Crippen LogP contribution in [0.4, 0.5) is 0 Å². The van der Waals surface area contributed by atoms with E-state index in [0.717, 1.165) is 61.0 Å². The summed E-state index contributed by atoms with van der Waals surface area (Å²) < 4.78 is 11.5. The third-order valence-electron chi connectivity index (χ3n) is 11.7. The van der Waals surface area contributed by atoms with E-state index in [1.54, 1.807) is 0 Å². The van der Waals surface area contributed by atoms with Crippen molar-refractivity contribution in [1.82, 2.24) is 9.13 Å². The summed E-state index contributed by atoms with van der Waals surface area (Å²) in [6.45, 7) is 0. The molecule has 0 aliphatic rings. The van der Waals surface area contributed by atoms with Crippen molar-refractivity contribution in [2.75, 3.05) is 0 Å². The van der Waals surface area contributed by atoms with E-state index in [1.165, 1.54) is 49.3 Å². The minimum atomic E-state index is 0.879. The molecule has 266 valence electrons. The smallest absolute Gasteiger partial charge is 0.138 e. The molecule has 12 aromatic rings. The van der Waals surface area contributed by atoms with Gasteiger partial charge in [-0.1, -0.05) is 152 Å². The summed E-state index contributed by atoms with van der Waals surface area (Å²) in [7, 11) is 0. The lowest BCUT2D eigenvalue weighted by Gasteiger charge is -2.13. The zero-order chi connectivity index (χ0) is 37.5. The number of furan rings is 1. The fourth-order valence-electron chi connectivity index (χ4n) is 9.08. The van der Waals surface area contributed by atoms with Crippen LogP contribution in [-0.4, -0.2) is 9.13 Å². The van der Waals surface area contributed by atoms with Crippen LogP contribution in [0, 0.1) is 0 Å². The molecule has 0 saturated heterocycles. The molecular weight excluding hydrogens is 693 g/mol. The highest BCUT2D eigenvalue weighted by Crippen LogP contribution is 2.43. The molecular formula is C54H34N2O. The van der Waals surface area contributed by atoms with Gasteiger partial charge in [0.25, 0.3) is 0 Å². The first-order chi connectivity index (χ1) is 28.3. The Balaban J connectivity index is 1.09. The molecule has 3 heterocycles. The maximum atomic E-state index is 6.60. The van der Waals surface area contributed by atoms with Gasteiger partial charge in [0, 0.05) is 32.6 Å². The fraction of sp³-hybridized carbons (Fsp3) is 0. The Morgan fingerprint density at radius 3 is 1.40 bits per heavy atom. The summed E-state index contributed by atoms with van der Waals surface area (Å²) in [6, 6.07) is 74.5. The molecule has 0 aliphatic carbocycles. The molecule has 3 aromatic heterocycles. The highest BCUT2D eigenvalue weighted by molar-refractivity contribution is 6.16. The monoisotopic (exact) mass is 726 g/mol. The summed E-state index contributed by atoms with van der Waals surface area (Å²) in [5, 5.41) is 7.15. The van der Waals surface area contributed by atoms with Gasteiger partial charge in [-0.2, -0.15) is 0 Å². The van der Waals surface area contributed by atoms with E-state index in [2.05, 4.69) is 209 Å². The molecule has 0 aliphatic heterocycles. The number of rotatable bonds is 5. The van der Waals surface area contributed by atoms with Crippen molar-refractivity contribution in [3.8, 4) is 44.8 Å². The first-order valence-electron chi connectivity index (χ1n) is 19.5. The fourth-order valence-corrected chi connectivity index (χ4v) is 9.08. The van der Waals surface area contributed by atoms with E-state index in [4.69, 9.17) is 4.42 Å². The van der Waals surface area contributed by atoms with Gasteiger partial charge in [-0.05, 0) is 88.0 Å². The lowest BCUT2D eigenvalue weighted by Crippen LogP contribution is -1.96. The van der Waals surface area contributed by atoms with Crippen LogP contribution in [0.15, 0.2) is 211 Å². The molecule has 12 rings (SSSR count). The molecule has 0 unspecified atom stereocenters. The summed E-state index contributed by atoms with van der Waals surface area (Å²) in [4.78, 5) is 0. The molecule has 0 bridgehead atoms. The Labute approximate surface area is 328 Å². The van der Waals surface area contributed by atoms with Gasteiger partial charge in [0.05, 0.1) is 33.1 Å². The maximum Gasteiger partial charge on any atom is 0.138 e. The Bertz CT molecular complexity index is 3490. The van der Waals surface area contributed by atoms with E-state index in [0.29, 0.717) is 0 Å². The average molecular weight is 727 g/mol. The van der Waals surface area contributed by atoms with Crippen molar-refractivity contribution < 1.29 is 4.42 Å². The third kappa shape index (κ3) is 4.92. The van der Waals surface area contributed by atoms with Crippen molar-refractivity contribution in [3.05, 3.63) is 206 Å². The number of nitrogens with zero attached hydrogens (tertiary/aromatic N) is 2. The predicted molar refractivity (Wildman–Crippen MR) is 239 cm³/mol. The highest BCUT2D eigenvalue weighted by atomic mass is 16.3. The van der Waals surface area contributed by atoms with E-state index >= 15 is 0 Å². The zero-order valence-electron chi connectivity index (χ0n) is 30.9. The Hall–Kier alpha value is -7.62. The zero-order valence-corrected chi connectivity index (χ0v) is 30.9. The third-order valence-corrected chi connectivity index (χ3v) is 11.7. The number of aromatic nitrogens is 2. The maximum absolute atomic E-state index is 6.60. The highest BCUT2D eigenvalue weighted by Gasteiger charge is 2.21. The molecule has 0 saturated carbocycles. The van der Waals surface area contributed by atoms with Gasteiger partial charge >= 0.3 is 0 Å². The molecule has 3 heteroatoms. The van der Waals surface area contributed by atoms with Crippen molar-refractivity contribution in [3.63, 3.8) is 0 Å². The summed E-state index contributed by atoms with van der Waals surface area (Å²) in [5.41, 5.74) is 15.7. The minimum absolute atomic E-state index is 0.879. The van der Waals surface area contributed by atoms with Crippen molar-refractivity contribution in [2.45, 2.75) is 0 Å². The second-order valence-corrected chi connectivity index (χ2v) is 14.9. The molecule has 57 heavy (non-hydrogen) atoms. The number of hydrogen-bond donors (Lipinski definition) is 0.